The third kappa shape index (κ3) is 4.40. The fourth-order valence-corrected chi connectivity index (χ4v) is 2.59. The number of hydrogen-bond donors (Lipinski definition) is 2. The predicted molar refractivity (Wildman–Crippen MR) is 76.8 cm³/mol. The highest BCUT2D eigenvalue weighted by Gasteiger charge is 2.17. The number of hydrogen-bond acceptors (Lipinski definition) is 3. The second-order valence-corrected chi connectivity index (χ2v) is 5.88. The highest BCUT2D eigenvalue weighted by Crippen LogP contribution is 2.24. The highest BCUT2D eigenvalue weighted by molar-refractivity contribution is 9.10. The van der Waals surface area contributed by atoms with E-state index < -0.39 is 17.7 Å². The molecule has 112 valence electrons. The zero-order valence-electron chi connectivity index (χ0n) is 11.0. The summed E-state index contributed by atoms with van der Waals surface area (Å²) in [4.78, 5) is 0. The van der Waals surface area contributed by atoms with Gasteiger partial charge in [-0.25, -0.2) is 8.78 Å². The molecule has 2 rings (SSSR count). The van der Waals surface area contributed by atoms with E-state index >= 15 is 0 Å². The lowest BCUT2D eigenvalue weighted by atomic mass is 10.2. The summed E-state index contributed by atoms with van der Waals surface area (Å²) in [6.07, 6.45) is 3.95. The smallest absolute Gasteiger partial charge is 0.149 e. The number of anilines is 1. The zero-order valence-corrected chi connectivity index (χ0v) is 12.6. The molecule has 1 atom stereocenters. The maximum atomic E-state index is 13.5. The number of benzene rings is 1. The first-order valence-electron chi connectivity index (χ1n) is 6.74. The number of ether oxygens (including phenoxy) is 1. The number of aliphatic hydroxyl groups is 1. The molecule has 0 bridgehead atoms. The maximum absolute atomic E-state index is 13.5. The van der Waals surface area contributed by atoms with Crippen LogP contribution in [0.3, 0.4) is 0 Å². The van der Waals surface area contributed by atoms with Gasteiger partial charge < -0.3 is 15.2 Å². The molecule has 0 heterocycles. The van der Waals surface area contributed by atoms with Crippen LogP contribution in [0.5, 0.6) is 0 Å². The lowest BCUT2D eigenvalue weighted by Gasteiger charge is -2.17. The Balaban J connectivity index is 1.77. The summed E-state index contributed by atoms with van der Waals surface area (Å²) in [6, 6.07) is 2.11. The minimum atomic E-state index is -0.723. The lowest BCUT2D eigenvalue weighted by Crippen LogP contribution is -2.27. The first-order valence-corrected chi connectivity index (χ1v) is 7.53. The molecular formula is C14H18BrF2NO2. The Morgan fingerprint density at radius 1 is 1.30 bits per heavy atom. The van der Waals surface area contributed by atoms with E-state index in [1.54, 1.807) is 0 Å². The van der Waals surface area contributed by atoms with Crippen molar-refractivity contribution in [3.8, 4) is 0 Å². The predicted octanol–water partition coefficient (Wildman–Crippen LogP) is 3.46. The highest BCUT2D eigenvalue weighted by atomic mass is 79.9. The van der Waals surface area contributed by atoms with Crippen LogP contribution >= 0.6 is 15.9 Å². The summed E-state index contributed by atoms with van der Waals surface area (Å²) in [5.41, 5.74) is 0.151. The molecule has 2 N–H and O–H groups in total. The van der Waals surface area contributed by atoms with Crippen LogP contribution < -0.4 is 5.32 Å². The summed E-state index contributed by atoms with van der Waals surface area (Å²) in [7, 11) is 0. The van der Waals surface area contributed by atoms with Crippen LogP contribution in [0.25, 0.3) is 0 Å². The van der Waals surface area contributed by atoms with Crippen LogP contribution in [0.1, 0.15) is 25.7 Å². The molecule has 1 aromatic carbocycles. The molecule has 0 aromatic heterocycles. The SMILES string of the molecule is OC(CNc1cc(Br)c(F)cc1F)COC1CCCC1. The number of rotatable bonds is 6. The van der Waals surface area contributed by atoms with Gasteiger partial charge in [-0.15, -0.1) is 0 Å². The van der Waals surface area contributed by atoms with Crippen LogP contribution in [-0.4, -0.2) is 30.5 Å². The number of nitrogens with one attached hydrogen (secondary N) is 1. The normalized spacial score (nSPS) is 17.4. The summed E-state index contributed by atoms with van der Waals surface area (Å²) >= 11 is 2.99. The molecule has 1 unspecified atom stereocenters. The van der Waals surface area contributed by atoms with E-state index in [1.807, 2.05) is 0 Å². The molecule has 1 aliphatic rings. The minimum Gasteiger partial charge on any atom is -0.389 e. The van der Waals surface area contributed by atoms with Crippen LogP contribution in [0.2, 0.25) is 0 Å². The van der Waals surface area contributed by atoms with Gasteiger partial charge in [0.15, 0.2) is 0 Å². The van der Waals surface area contributed by atoms with Gasteiger partial charge in [-0.1, -0.05) is 12.8 Å². The van der Waals surface area contributed by atoms with Gasteiger partial charge in [-0.2, -0.15) is 0 Å². The summed E-state index contributed by atoms with van der Waals surface area (Å²) < 4.78 is 32.3. The Bertz CT molecular complexity index is 453. The Hall–Kier alpha value is -0.720. The Kier molecular flexibility index (Phi) is 5.74. The Morgan fingerprint density at radius 2 is 2.00 bits per heavy atom. The van der Waals surface area contributed by atoms with Gasteiger partial charge in [0, 0.05) is 12.6 Å². The number of halogens is 3. The van der Waals surface area contributed by atoms with E-state index in [4.69, 9.17) is 4.74 Å². The molecule has 0 aliphatic heterocycles. The van der Waals surface area contributed by atoms with Crippen LogP contribution in [0, 0.1) is 11.6 Å². The molecule has 3 nitrogen and oxygen atoms in total. The van der Waals surface area contributed by atoms with E-state index in [-0.39, 0.29) is 29.4 Å². The minimum absolute atomic E-state index is 0.151. The van der Waals surface area contributed by atoms with Crippen LogP contribution in [-0.2, 0) is 4.74 Å². The summed E-state index contributed by atoms with van der Waals surface area (Å²) in [5, 5.41) is 12.5. The molecule has 1 aromatic rings. The molecule has 0 radical (unpaired) electrons. The van der Waals surface area contributed by atoms with Crippen molar-refractivity contribution in [2.24, 2.45) is 0 Å². The first kappa shape index (κ1) is 15.7. The van der Waals surface area contributed by atoms with E-state index in [9.17, 15) is 13.9 Å². The maximum Gasteiger partial charge on any atom is 0.149 e. The molecule has 6 heteroatoms. The Labute approximate surface area is 125 Å². The molecule has 0 spiro atoms. The largest absolute Gasteiger partial charge is 0.389 e. The molecule has 20 heavy (non-hydrogen) atoms. The second-order valence-electron chi connectivity index (χ2n) is 5.02. The molecule has 0 amide bonds. The van der Waals surface area contributed by atoms with Crippen molar-refractivity contribution < 1.29 is 18.6 Å². The van der Waals surface area contributed by atoms with Gasteiger partial charge in [0.05, 0.1) is 29.0 Å². The van der Waals surface area contributed by atoms with Crippen molar-refractivity contribution in [1.82, 2.24) is 0 Å². The molecule has 1 aliphatic carbocycles. The van der Waals surface area contributed by atoms with E-state index in [0.29, 0.717) is 0 Å². The van der Waals surface area contributed by atoms with Crippen molar-refractivity contribution in [2.75, 3.05) is 18.5 Å². The van der Waals surface area contributed by atoms with Gasteiger partial charge in [0.2, 0.25) is 0 Å². The van der Waals surface area contributed by atoms with Gasteiger partial charge in [0.1, 0.15) is 11.6 Å². The van der Waals surface area contributed by atoms with Crippen LogP contribution in [0.15, 0.2) is 16.6 Å². The third-order valence-corrected chi connectivity index (χ3v) is 3.97. The molecule has 1 saturated carbocycles. The molecular weight excluding hydrogens is 332 g/mol. The quantitative estimate of drug-likeness (QED) is 0.772. The van der Waals surface area contributed by atoms with E-state index in [0.717, 1.165) is 18.9 Å². The van der Waals surface area contributed by atoms with Gasteiger partial charge in [0.25, 0.3) is 0 Å². The van der Waals surface area contributed by atoms with Crippen molar-refractivity contribution >= 4 is 21.6 Å². The fraction of sp³-hybridized carbons (Fsp3) is 0.571. The third-order valence-electron chi connectivity index (χ3n) is 3.36. The zero-order chi connectivity index (χ0) is 14.5. The van der Waals surface area contributed by atoms with Crippen molar-refractivity contribution in [3.63, 3.8) is 0 Å². The lowest BCUT2D eigenvalue weighted by molar-refractivity contribution is -0.00119. The van der Waals surface area contributed by atoms with Gasteiger partial charge in [-0.3, -0.25) is 0 Å². The average molecular weight is 350 g/mol. The molecule has 0 saturated heterocycles. The summed E-state index contributed by atoms with van der Waals surface area (Å²) in [5.74, 6) is -1.34. The summed E-state index contributed by atoms with van der Waals surface area (Å²) in [6.45, 7) is 0.378. The topological polar surface area (TPSA) is 41.5 Å². The second kappa shape index (κ2) is 7.33. The van der Waals surface area contributed by atoms with Crippen molar-refractivity contribution in [3.05, 3.63) is 28.2 Å². The van der Waals surface area contributed by atoms with E-state index in [2.05, 4.69) is 21.2 Å². The average Bonchev–Trinajstić information content (AvgIpc) is 2.92. The first-order chi connectivity index (χ1) is 9.56. The number of aliphatic hydroxyl groups excluding tert-OH is 1. The van der Waals surface area contributed by atoms with Gasteiger partial charge in [-0.05, 0) is 34.8 Å². The van der Waals surface area contributed by atoms with Crippen molar-refractivity contribution in [1.29, 1.82) is 0 Å². The van der Waals surface area contributed by atoms with E-state index in [1.165, 1.54) is 18.9 Å². The monoisotopic (exact) mass is 349 g/mol. The van der Waals surface area contributed by atoms with Gasteiger partial charge >= 0.3 is 0 Å². The standard InChI is InChI=1S/C14H18BrF2NO2/c15-11-5-14(13(17)6-12(11)16)18-7-9(19)8-20-10-3-1-2-4-10/h5-6,9-10,18-19H,1-4,7-8H2. The fourth-order valence-electron chi connectivity index (χ4n) is 2.25. The van der Waals surface area contributed by atoms with Crippen molar-refractivity contribution in [2.45, 2.75) is 37.9 Å². The van der Waals surface area contributed by atoms with Crippen LogP contribution in [0.4, 0.5) is 14.5 Å². The Morgan fingerprint density at radius 3 is 2.70 bits per heavy atom. The molecule has 1 fully saturated rings.